The van der Waals surface area contributed by atoms with E-state index in [4.69, 9.17) is 23.7 Å². The van der Waals surface area contributed by atoms with Crippen molar-refractivity contribution in [2.45, 2.75) is 276 Å². The third kappa shape index (κ3) is 39.3. The molecule has 0 bridgehead atoms. The molecule has 0 aliphatic carbocycles. The Labute approximate surface area is 442 Å². The molecule has 12 heteroatoms. The van der Waals surface area contributed by atoms with Crippen molar-refractivity contribution in [2.75, 3.05) is 13.2 Å². The Bertz CT molecular complexity index is 1550. The summed E-state index contributed by atoms with van der Waals surface area (Å²) in [5.74, 6) is -3.18. The first-order chi connectivity index (χ1) is 35.6. The van der Waals surface area contributed by atoms with Gasteiger partial charge in [-0.1, -0.05) is 203 Å². The molecule has 0 aromatic heterocycles. The molecule has 3 N–H and O–H groups in total. The summed E-state index contributed by atoms with van der Waals surface area (Å²) in [6, 6.07) is 0. The fourth-order valence-electron chi connectivity index (χ4n) is 8.33. The number of ether oxygens (including phenoxy) is 5. The molecule has 73 heavy (non-hydrogen) atoms. The molecule has 0 saturated carbocycles. The van der Waals surface area contributed by atoms with Crippen molar-refractivity contribution < 1.29 is 58.2 Å². The minimum absolute atomic E-state index is 0.0545. The third-order valence-electron chi connectivity index (χ3n) is 12.8. The fraction of sp³-hybridized carbons (Fsp3) is 0.738. The Morgan fingerprint density at radius 3 is 1.37 bits per heavy atom. The smallest absolute Gasteiger partial charge is 0.335 e. The van der Waals surface area contributed by atoms with Crippen LogP contribution >= 0.6 is 0 Å². The summed E-state index contributed by atoms with van der Waals surface area (Å²) in [5, 5.41) is 31.4. The van der Waals surface area contributed by atoms with E-state index in [-0.39, 0.29) is 25.9 Å². The average molecular weight is 1030 g/mol. The van der Waals surface area contributed by atoms with Crippen LogP contribution in [-0.2, 0) is 42.9 Å². The molecule has 0 spiro atoms. The lowest BCUT2D eigenvalue weighted by molar-refractivity contribution is -0.301. The molecule has 12 nitrogen and oxygen atoms in total. The Morgan fingerprint density at radius 1 is 0.466 bits per heavy atom. The van der Waals surface area contributed by atoms with Gasteiger partial charge < -0.3 is 39.0 Å². The van der Waals surface area contributed by atoms with Crippen molar-refractivity contribution in [3.05, 3.63) is 72.9 Å². The zero-order valence-corrected chi connectivity index (χ0v) is 45.9. The number of carboxylic acid groups (broad SMARTS) is 1. The van der Waals surface area contributed by atoms with Gasteiger partial charge in [0.1, 0.15) is 18.8 Å². The van der Waals surface area contributed by atoms with Crippen LogP contribution in [0.4, 0.5) is 0 Å². The van der Waals surface area contributed by atoms with Crippen LogP contribution < -0.4 is 0 Å². The van der Waals surface area contributed by atoms with Crippen molar-refractivity contribution in [1.29, 1.82) is 0 Å². The van der Waals surface area contributed by atoms with Crippen LogP contribution in [0.2, 0.25) is 0 Å². The van der Waals surface area contributed by atoms with Crippen molar-refractivity contribution in [2.24, 2.45) is 0 Å². The molecule has 0 aromatic carbocycles. The van der Waals surface area contributed by atoms with Gasteiger partial charge in [0.2, 0.25) is 0 Å². The van der Waals surface area contributed by atoms with Crippen molar-refractivity contribution in [3.8, 4) is 0 Å². The highest BCUT2D eigenvalue weighted by Crippen LogP contribution is 2.26. The van der Waals surface area contributed by atoms with E-state index in [9.17, 15) is 34.5 Å². The molecule has 1 heterocycles. The number of carboxylic acids is 1. The van der Waals surface area contributed by atoms with Crippen LogP contribution in [0.1, 0.15) is 239 Å². The Hall–Kier alpha value is -3.84. The summed E-state index contributed by atoms with van der Waals surface area (Å²) >= 11 is 0. The SMILES string of the molecule is CC/C=C\C/C=C\C/C=C\C/C=C\CCCCC(=O)OC(COC(=O)CCCCCCCCCCC/C=C\C/C=C\CCCCC)COC1OC(C(=O)O)C(O)C(O)C1OC(=O)CCCCCCCCCCC. The topological polar surface area (TPSA) is 175 Å². The maximum atomic E-state index is 13.1. The van der Waals surface area contributed by atoms with Gasteiger partial charge >= 0.3 is 23.9 Å². The molecule has 418 valence electrons. The molecule has 0 radical (unpaired) electrons. The van der Waals surface area contributed by atoms with E-state index in [1.54, 1.807) is 0 Å². The molecule has 1 aliphatic rings. The Morgan fingerprint density at radius 2 is 0.863 bits per heavy atom. The lowest BCUT2D eigenvalue weighted by atomic mass is 9.98. The number of aliphatic carboxylic acids is 1. The molecular formula is C61H102O12. The zero-order valence-electron chi connectivity index (χ0n) is 45.9. The van der Waals surface area contributed by atoms with Crippen LogP contribution in [0.5, 0.6) is 0 Å². The molecule has 6 unspecified atom stereocenters. The van der Waals surface area contributed by atoms with Crippen molar-refractivity contribution in [3.63, 3.8) is 0 Å². The monoisotopic (exact) mass is 1030 g/mol. The predicted molar refractivity (Wildman–Crippen MR) is 294 cm³/mol. The van der Waals surface area contributed by atoms with E-state index < -0.39 is 67.3 Å². The molecule has 0 aromatic rings. The largest absolute Gasteiger partial charge is 0.479 e. The highest BCUT2D eigenvalue weighted by molar-refractivity contribution is 5.74. The molecule has 1 rings (SSSR count). The number of unbranched alkanes of at least 4 members (excludes halogenated alkanes) is 22. The number of carbonyl (C=O) groups excluding carboxylic acids is 3. The summed E-state index contributed by atoms with van der Waals surface area (Å²) in [4.78, 5) is 51.0. The number of esters is 3. The van der Waals surface area contributed by atoms with E-state index >= 15 is 0 Å². The van der Waals surface area contributed by atoms with Gasteiger partial charge in [-0.3, -0.25) is 14.4 Å². The summed E-state index contributed by atoms with van der Waals surface area (Å²) < 4.78 is 28.3. The maximum Gasteiger partial charge on any atom is 0.335 e. The number of aliphatic hydroxyl groups is 2. The van der Waals surface area contributed by atoms with E-state index in [0.29, 0.717) is 19.3 Å². The van der Waals surface area contributed by atoms with E-state index in [1.807, 2.05) is 0 Å². The summed E-state index contributed by atoms with van der Waals surface area (Å²) in [6.45, 7) is 5.78. The van der Waals surface area contributed by atoms with Gasteiger partial charge in [0.25, 0.3) is 0 Å². The number of carbonyl (C=O) groups is 4. The van der Waals surface area contributed by atoms with Crippen LogP contribution in [0, 0.1) is 0 Å². The quantitative estimate of drug-likeness (QED) is 0.0228. The van der Waals surface area contributed by atoms with E-state index in [0.717, 1.165) is 96.3 Å². The second-order valence-corrected chi connectivity index (χ2v) is 19.5. The molecular weight excluding hydrogens is 925 g/mol. The van der Waals surface area contributed by atoms with Crippen molar-refractivity contribution >= 4 is 23.9 Å². The van der Waals surface area contributed by atoms with Crippen molar-refractivity contribution in [1.82, 2.24) is 0 Å². The van der Waals surface area contributed by atoms with Crippen LogP contribution in [0.25, 0.3) is 0 Å². The van der Waals surface area contributed by atoms with Gasteiger partial charge in [-0.25, -0.2) is 4.79 Å². The highest BCUT2D eigenvalue weighted by Gasteiger charge is 2.50. The summed E-state index contributed by atoms with van der Waals surface area (Å²) in [5.41, 5.74) is 0. The minimum Gasteiger partial charge on any atom is -0.479 e. The molecule has 1 aliphatic heterocycles. The predicted octanol–water partition coefficient (Wildman–Crippen LogP) is 14.6. The zero-order chi connectivity index (χ0) is 53.3. The Kier molecular flexibility index (Phi) is 45.1. The summed E-state index contributed by atoms with van der Waals surface area (Å²) in [6.07, 6.45) is 49.0. The first-order valence-electron chi connectivity index (χ1n) is 28.9. The molecule has 1 fully saturated rings. The van der Waals surface area contributed by atoms with Gasteiger partial charge in [-0.15, -0.1) is 0 Å². The van der Waals surface area contributed by atoms with E-state index in [2.05, 4.69) is 93.7 Å². The number of allylic oxidation sites excluding steroid dienone is 12. The van der Waals surface area contributed by atoms with Crippen LogP contribution in [-0.4, -0.2) is 89.2 Å². The number of hydrogen-bond acceptors (Lipinski definition) is 11. The number of rotatable bonds is 48. The van der Waals surface area contributed by atoms with Gasteiger partial charge in [-0.2, -0.15) is 0 Å². The average Bonchev–Trinajstić information content (AvgIpc) is 3.37. The first-order valence-corrected chi connectivity index (χ1v) is 28.9. The number of hydrogen-bond donors (Lipinski definition) is 3. The Balaban J connectivity index is 2.69. The second-order valence-electron chi connectivity index (χ2n) is 19.5. The van der Waals surface area contributed by atoms with Gasteiger partial charge in [0.15, 0.2) is 24.6 Å². The molecule has 6 atom stereocenters. The second kappa shape index (κ2) is 49.1. The highest BCUT2D eigenvalue weighted by atomic mass is 16.7. The standard InChI is InChI=1S/C61H102O12/c1-4-7-10-13-16-19-21-23-25-26-27-28-30-31-33-36-38-41-44-47-53(62)69-50-52(71-54(63)48-45-42-40-37-34-32-29-24-22-20-17-14-11-8-5-2)51-70-61-59(57(66)56(65)58(73-61)60(67)68)72-55(64)49-46-43-39-35-18-15-12-9-6-3/h8,11,16-17,19-20,23-25,29,34,37,52,56-59,61,65-66H,4-7,9-10,12-15,18,21-22,26-28,30-33,35-36,38-51H2,1-3H3,(H,67,68)/b11-8-,19-16-,20-17-,25-23-,29-24-,37-34-. The summed E-state index contributed by atoms with van der Waals surface area (Å²) in [7, 11) is 0. The third-order valence-corrected chi connectivity index (χ3v) is 12.8. The maximum absolute atomic E-state index is 13.1. The lowest BCUT2D eigenvalue weighted by Gasteiger charge is -2.40. The minimum atomic E-state index is -1.91. The van der Waals surface area contributed by atoms with Crippen LogP contribution in [0.3, 0.4) is 0 Å². The normalized spacial score (nSPS) is 18.8. The first kappa shape index (κ1) is 67.2. The van der Waals surface area contributed by atoms with Gasteiger partial charge in [0, 0.05) is 19.3 Å². The van der Waals surface area contributed by atoms with Gasteiger partial charge in [-0.05, 0) is 89.9 Å². The van der Waals surface area contributed by atoms with E-state index in [1.165, 1.54) is 83.5 Å². The molecule has 0 amide bonds. The lowest BCUT2D eigenvalue weighted by Crippen LogP contribution is -2.61. The molecule has 1 saturated heterocycles. The fourth-order valence-corrected chi connectivity index (χ4v) is 8.33. The number of aliphatic hydroxyl groups excluding tert-OH is 2. The van der Waals surface area contributed by atoms with Gasteiger partial charge in [0.05, 0.1) is 6.61 Å². The van der Waals surface area contributed by atoms with Crippen LogP contribution in [0.15, 0.2) is 72.9 Å².